The molecule has 0 aromatic rings. The van der Waals surface area contributed by atoms with Gasteiger partial charge in [0.15, 0.2) is 0 Å². The van der Waals surface area contributed by atoms with Gasteiger partial charge in [-0.1, -0.05) is 20.8 Å². The van der Waals surface area contributed by atoms with Crippen molar-refractivity contribution in [3.63, 3.8) is 0 Å². The molecule has 0 aromatic carbocycles. The molecule has 0 aromatic heterocycles. The van der Waals surface area contributed by atoms with E-state index in [4.69, 9.17) is 10.00 Å². The maximum absolute atomic E-state index is 9.02. The lowest BCUT2D eigenvalue weighted by molar-refractivity contribution is 0.0340. The second kappa shape index (κ2) is 6.22. The molecule has 3 heteroatoms. The largest absolute Gasteiger partial charge is 0.378 e. The topological polar surface area (TPSA) is 45.0 Å². The van der Waals surface area contributed by atoms with Crippen LogP contribution in [-0.4, -0.2) is 25.3 Å². The van der Waals surface area contributed by atoms with Crippen LogP contribution in [0.2, 0.25) is 0 Å². The predicted octanol–water partition coefficient (Wildman–Crippen LogP) is 2.72. The molecule has 0 heterocycles. The maximum Gasteiger partial charge on any atom is 0.106 e. The van der Waals surface area contributed by atoms with Gasteiger partial charge in [0.1, 0.15) is 5.54 Å². The van der Waals surface area contributed by atoms with Gasteiger partial charge in [-0.2, -0.15) is 5.26 Å². The number of nitriles is 1. The lowest BCUT2D eigenvalue weighted by Gasteiger charge is -2.26. The van der Waals surface area contributed by atoms with Crippen molar-refractivity contribution in [3.8, 4) is 6.07 Å². The fraction of sp³-hybridized carbons (Fsp3) is 0.923. The van der Waals surface area contributed by atoms with Crippen LogP contribution in [0.4, 0.5) is 0 Å². The number of nitrogens with zero attached hydrogens (tertiary/aromatic N) is 1. The third kappa shape index (κ3) is 6.81. The standard InChI is InChI=1S/C13H26N2O/c1-11(9-13(5,10-14)15-6)16-8-7-12(2,3)4/h11,15H,7-9H2,1-6H3. The summed E-state index contributed by atoms with van der Waals surface area (Å²) in [5.41, 5.74) is -0.178. The molecule has 0 spiro atoms. The molecule has 0 amide bonds. The zero-order chi connectivity index (χ0) is 12.8. The Morgan fingerprint density at radius 3 is 2.25 bits per heavy atom. The summed E-state index contributed by atoms with van der Waals surface area (Å²) in [4.78, 5) is 0. The van der Waals surface area contributed by atoms with Crippen LogP contribution in [-0.2, 0) is 4.74 Å². The van der Waals surface area contributed by atoms with Crippen LogP contribution < -0.4 is 5.32 Å². The lowest BCUT2D eigenvalue weighted by atomic mass is 9.93. The van der Waals surface area contributed by atoms with Gasteiger partial charge < -0.3 is 10.1 Å². The minimum Gasteiger partial charge on any atom is -0.378 e. The quantitative estimate of drug-likeness (QED) is 0.757. The summed E-state index contributed by atoms with van der Waals surface area (Å²) in [5.74, 6) is 0. The monoisotopic (exact) mass is 226 g/mol. The van der Waals surface area contributed by atoms with Crippen molar-refractivity contribution in [1.29, 1.82) is 5.26 Å². The van der Waals surface area contributed by atoms with E-state index in [1.807, 2.05) is 20.9 Å². The van der Waals surface area contributed by atoms with Gasteiger partial charge in [0.25, 0.3) is 0 Å². The van der Waals surface area contributed by atoms with Crippen molar-refractivity contribution in [2.24, 2.45) is 5.41 Å². The van der Waals surface area contributed by atoms with Crippen LogP contribution in [0.1, 0.15) is 47.5 Å². The SMILES string of the molecule is CNC(C)(C#N)CC(C)OCCC(C)(C)C. The Bertz CT molecular complexity index is 239. The summed E-state index contributed by atoms with van der Waals surface area (Å²) in [6.45, 7) is 11.3. The minimum atomic E-state index is -0.485. The van der Waals surface area contributed by atoms with Gasteiger partial charge in [-0.05, 0) is 32.7 Å². The first-order valence-corrected chi connectivity index (χ1v) is 5.94. The molecule has 0 radical (unpaired) electrons. The molecule has 0 aliphatic carbocycles. The Morgan fingerprint density at radius 1 is 1.31 bits per heavy atom. The second-order valence-corrected chi connectivity index (χ2v) is 5.89. The Balaban J connectivity index is 3.92. The van der Waals surface area contributed by atoms with E-state index in [1.165, 1.54) is 0 Å². The van der Waals surface area contributed by atoms with Crippen molar-refractivity contribution < 1.29 is 4.74 Å². The van der Waals surface area contributed by atoms with Gasteiger partial charge in [0.2, 0.25) is 0 Å². The Labute approximate surface area is 100 Å². The Morgan fingerprint density at radius 2 is 1.88 bits per heavy atom. The normalized spacial score (nSPS) is 17.6. The number of nitrogens with one attached hydrogen (secondary N) is 1. The summed E-state index contributed by atoms with van der Waals surface area (Å²) in [6.07, 6.45) is 1.86. The van der Waals surface area contributed by atoms with E-state index in [1.54, 1.807) is 0 Å². The minimum absolute atomic E-state index is 0.111. The number of ether oxygens (including phenoxy) is 1. The van der Waals surface area contributed by atoms with E-state index in [-0.39, 0.29) is 6.10 Å². The van der Waals surface area contributed by atoms with Gasteiger partial charge in [0.05, 0.1) is 12.2 Å². The molecule has 3 nitrogen and oxygen atoms in total. The summed E-state index contributed by atoms with van der Waals surface area (Å²) in [6, 6.07) is 2.27. The Kier molecular flexibility index (Phi) is 5.99. The summed E-state index contributed by atoms with van der Waals surface area (Å²) >= 11 is 0. The smallest absolute Gasteiger partial charge is 0.106 e. The highest BCUT2D eigenvalue weighted by Crippen LogP contribution is 2.19. The van der Waals surface area contributed by atoms with Gasteiger partial charge >= 0.3 is 0 Å². The molecule has 0 fully saturated rings. The van der Waals surface area contributed by atoms with Gasteiger partial charge in [-0.25, -0.2) is 0 Å². The molecule has 94 valence electrons. The molecular formula is C13H26N2O. The molecular weight excluding hydrogens is 200 g/mol. The van der Waals surface area contributed by atoms with E-state index in [0.29, 0.717) is 11.8 Å². The van der Waals surface area contributed by atoms with Crippen LogP contribution in [0.15, 0.2) is 0 Å². The molecule has 2 unspecified atom stereocenters. The fourth-order valence-electron chi connectivity index (χ4n) is 1.40. The third-order valence-corrected chi connectivity index (χ3v) is 2.75. The lowest BCUT2D eigenvalue weighted by Crippen LogP contribution is -2.41. The number of rotatable bonds is 6. The Hall–Kier alpha value is -0.590. The first-order valence-electron chi connectivity index (χ1n) is 5.94. The highest BCUT2D eigenvalue weighted by Gasteiger charge is 2.24. The zero-order valence-electron chi connectivity index (χ0n) is 11.6. The summed E-state index contributed by atoms with van der Waals surface area (Å²) in [7, 11) is 1.81. The predicted molar refractivity (Wildman–Crippen MR) is 67.2 cm³/mol. The van der Waals surface area contributed by atoms with E-state index in [9.17, 15) is 0 Å². The molecule has 0 bridgehead atoms. The highest BCUT2D eigenvalue weighted by atomic mass is 16.5. The van der Waals surface area contributed by atoms with Crippen molar-refractivity contribution in [2.45, 2.75) is 59.1 Å². The van der Waals surface area contributed by atoms with Gasteiger partial charge in [-0.3, -0.25) is 0 Å². The molecule has 0 aliphatic rings. The molecule has 0 saturated carbocycles. The molecule has 2 atom stereocenters. The average Bonchev–Trinajstić information content (AvgIpc) is 2.15. The van der Waals surface area contributed by atoms with Gasteiger partial charge in [-0.15, -0.1) is 0 Å². The van der Waals surface area contributed by atoms with Crippen molar-refractivity contribution in [3.05, 3.63) is 0 Å². The van der Waals surface area contributed by atoms with Crippen LogP contribution >= 0.6 is 0 Å². The van der Waals surface area contributed by atoms with Crippen molar-refractivity contribution >= 4 is 0 Å². The van der Waals surface area contributed by atoms with E-state index >= 15 is 0 Å². The first-order chi connectivity index (χ1) is 7.22. The van der Waals surface area contributed by atoms with Crippen LogP contribution in [0.25, 0.3) is 0 Å². The number of hydrogen-bond acceptors (Lipinski definition) is 3. The molecule has 1 N–H and O–H groups in total. The zero-order valence-corrected chi connectivity index (χ0v) is 11.6. The average molecular weight is 226 g/mol. The molecule has 0 aliphatic heterocycles. The maximum atomic E-state index is 9.02. The first kappa shape index (κ1) is 15.4. The number of hydrogen-bond donors (Lipinski definition) is 1. The molecule has 16 heavy (non-hydrogen) atoms. The second-order valence-electron chi connectivity index (χ2n) is 5.89. The van der Waals surface area contributed by atoms with Crippen LogP contribution in [0.3, 0.4) is 0 Å². The molecule has 0 rings (SSSR count). The molecule has 0 saturated heterocycles. The van der Waals surface area contributed by atoms with Crippen molar-refractivity contribution in [2.75, 3.05) is 13.7 Å². The fourth-order valence-corrected chi connectivity index (χ4v) is 1.40. The van der Waals surface area contributed by atoms with Crippen LogP contribution in [0.5, 0.6) is 0 Å². The van der Waals surface area contributed by atoms with E-state index in [0.717, 1.165) is 13.0 Å². The van der Waals surface area contributed by atoms with Crippen molar-refractivity contribution in [1.82, 2.24) is 5.32 Å². The van der Waals surface area contributed by atoms with E-state index in [2.05, 4.69) is 32.2 Å². The highest BCUT2D eigenvalue weighted by molar-refractivity contribution is 5.03. The van der Waals surface area contributed by atoms with Crippen LogP contribution in [0, 0.1) is 16.7 Å². The third-order valence-electron chi connectivity index (χ3n) is 2.75. The van der Waals surface area contributed by atoms with E-state index < -0.39 is 5.54 Å². The summed E-state index contributed by atoms with van der Waals surface area (Å²) < 4.78 is 5.73. The summed E-state index contributed by atoms with van der Waals surface area (Å²) in [5, 5.41) is 12.0. The van der Waals surface area contributed by atoms with Gasteiger partial charge in [0, 0.05) is 13.0 Å².